The van der Waals surface area contributed by atoms with Crippen molar-refractivity contribution in [2.45, 2.75) is 0 Å². The molecule has 0 saturated heterocycles. The van der Waals surface area contributed by atoms with Crippen LogP contribution in [0.1, 0.15) is 0 Å². The average Bonchev–Trinajstić information content (AvgIpc) is 1.38. The van der Waals surface area contributed by atoms with Gasteiger partial charge in [-0.1, -0.05) is 0 Å². The molecule has 0 bridgehead atoms. The molecule has 6 heavy (non-hydrogen) atoms. The van der Waals surface area contributed by atoms with E-state index in [2.05, 4.69) is 4.33 Å². The highest BCUT2D eigenvalue weighted by molar-refractivity contribution is 7.74. The quantitative estimate of drug-likeness (QED) is 0.197. The molecule has 1 unspecified atom stereocenters. The second-order valence-corrected chi connectivity index (χ2v) is 0.875. The Morgan fingerprint density at radius 2 is 1.83 bits per heavy atom. The monoisotopic (exact) mass is 124 g/mol. The molecule has 2 N–H and O–H groups in total. The lowest BCUT2D eigenvalue weighted by Gasteiger charge is -1.73. The maximum absolute atomic E-state index is 9.01. The predicted octanol–water partition coefficient (Wildman–Crippen LogP) is -1.30. The van der Waals surface area contributed by atoms with Crippen LogP contribution in [0, 0.1) is 0 Å². The van der Waals surface area contributed by atoms with E-state index in [1.807, 2.05) is 0 Å². The summed E-state index contributed by atoms with van der Waals surface area (Å²) in [6, 6.07) is 0. The van der Waals surface area contributed by atoms with Gasteiger partial charge in [-0.2, -0.15) is 4.21 Å². The van der Waals surface area contributed by atoms with E-state index in [0.717, 1.165) is 0 Å². The molecule has 0 fully saturated rings. The van der Waals surface area contributed by atoms with Crippen molar-refractivity contribution < 1.29 is 18.4 Å². The van der Waals surface area contributed by atoms with Crippen molar-refractivity contribution in [2.24, 2.45) is 0 Å². The smallest absolute Gasteiger partial charge is 0.282 e. The van der Waals surface area contributed by atoms with Crippen LogP contribution in [0.3, 0.4) is 0 Å². The van der Waals surface area contributed by atoms with E-state index in [0.29, 0.717) is 0 Å². The third-order valence-corrected chi connectivity index (χ3v) is 0.191. The molecule has 0 radical (unpaired) electrons. The van der Waals surface area contributed by atoms with Crippen molar-refractivity contribution in [1.82, 2.24) is 0 Å². The highest BCUT2D eigenvalue weighted by Crippen LogP contribution is 1.63. The van der Waals surface area contributed by atoms with Crippen LogP contribution in [0.15, 0.2) is 0 Å². The molecule has 0 heterocycles. The van der Waals surface area contributed by atoms with Gasteiger partial charge in [0.25, 0.3) is 0 Å². The van der Waals surface area contributed by atoms with Crippen LogP contribution in [0.5, 0.6) is 0 Å². The molecule has 0 aliphatic rings. The lowest BCUT2D eigenvalue weighted by Crippen LogP contribution is -1.85. The van der Waals surface area contributed by atoms with Gasteiger partial charge in [-0.3, -0.25) is 4.55 Å². The Balaban J connectivity index is 0. The van der Waals surface area contributed by atoms with Crippen LogP contribution in [-0.2, 0) is 15.7 Å². The molecular weight excluding hydrogens is 120 g/mol. The zero-order chi connectivity index (χ0) is 4.28. The molecule has 0 amide bonds. The van der Waals surface area contributed by atoms with Gasteiger partial charge in [0.05, 0.1) is 0 Å². The molecule has 0 spiro atoms. The van der Waals surface area contributed by atoms with Crippen molar-refractivity contribution in [3.05, 3.63) is 0 Å². The van der Waals surface area contributed by atoms with Gasteiger partial charge in [0.15, 0.2) is 0 Å². The van der Waals surface area contributed by atoms with Crippen LogP contribution in [0.2, 0.25) is 0 Å². The minimum absolute atomic E-state index is 0. The molecule has 0 aromatic rings. The summed E-state index contributed by atoms with van der Waals surface area (Å²) in [7, 11) is 0. The van der Waals surface area contributed by atoms with Crippen molar-refractivity contribution >= 4 is 34.4 Å². The zero-order valence-electron chi connectivity index (χ0n) is 2.12. The zero-order valence-corrected chi connectivity index (χ0v) is 2.94. The van der Waals surface area contributed by atoms with E-state index in [1.165, 1.54) is 0 Å². The van der Waals surface area contributed by atoms with Crippen LogP contribution < -0.4 is 0 Å². The molecule has 0 aromatic carbocycles. The summed E-state index contributed by atoms with van der Waals surface area (Å²) in [5, 5.41) is 7.09. The molecule has 0 saturated carbocycles. The predicted molar refractivity (Wildman–Crippen MR) is 23.0 cm³/mol. The first-order valence-corrected chi connectivity index (χ1v) is 1.73. The molecule has 6 heteroatoms. The molecule has 0 aliphatic carbocycles. The van der Waals surface area contributed by atoms with Gasteiger partial charge in [-0.05, 0) is 0 Å². The summed E-state index contributed by atoms with van der Waals surface area (Å²) in [6.45, 7) is 0. The van der Waals surface area contributed by atoms with Crippen molar-refractivity contribution in [1.29, 1.82) is 0 Å². The van der Waals surface area contributed by atoms with Gasteiger partial charge in [0.1, 0.15) is 0 Å². The van der Waals surface area contributed by atoms with Crippen molar-refractivity contribution in [3.63, 3.8) is 0 Å². The lowest BCUT2D eigenvalue weighted by molar-refractivity contribution is -0.131. The van der Waals surface area contributed by atoms with E-state index < -0.39 is 11.4 Å². The Kier molecular flexibility index (Phi) is 9.59. The summed E-state index contributed by atoms with van der Waals surface area (Å²) in [5.41, 5.74) is 0. The molecule has 4 nitrogen and oxygen atoms in total. The Morgan fingerprint density at radius 1 is 1.67 bits per heavy atom. The fraction of sp³-hybridized carbons (Fsp3) is 0. The first-order chi connectivity index (χ1) is 2.27. The number of rotatable bonds is 1. The van der Waals surface area contributed by atoms with E-state index in [1.54, 1.807) is 0 Å². The Bertz CT molecular complexity index is 42.8. The van der Waals surface area contributed by atoms with Gasteiger partial charge in [0.2, 0.25) is 0 Å². The summed E-state index contributed by atoms with van der Waals surface area (Å²) < 4.78 is 19.1. The molecule has 0 rings (SSSR count). The van der Waals surface area contributed by atoms with Crippen LogP contribution in [0.25, 0.3) is 0 Å². The highest BCUT2D eigenvalue weighted by atomic mass is 32.2. The van der Waals surface area contributed by atoms with Gasteiger partial charge in [-0.25, -0.2) is 5.26 Å². The standard InChI is InChI=1S/Mg.H2O4S.2H/c;1-4-5(2)3;;/h;1H,(H,2,3);;. The topological polar surface area (TPSA) is 66.8 Å². The molecule has 0 aromatic heterocycles. The van der Waals surface area contributed by atoms with Crippen molar-refractivity contribution in [3.8, 4) is 0 Å². The largest absolute Gasteiger partial charge is 0.330 e. The minimum Gasteiger partial charge on any atom is -0.282 e. The maximum atomic E-state index is 9.01. The van der Waals surface area contributed by atoms with E-state index in [4.69, 9.17) is 14.0 Å². The second-order valence-electron chi connectivity index (χ2n) is 0.292. The third-order valence-electron chi connectivity index (χ3n) is 0.0638. The molecule has 1 atom stereocenters. The van der Waals surface area contributed by atoms with E-state index in [-0.39, 0.29) is 23.1 Å². The SMILES string of the molecule is O=S(O)OO.[MgH2]. The average molecular weight is 124 g/mol. The molecule has 0 aliphatic heterocycles. The minimum atomic E-state index is -2.52. The van der Waals surface area contributed by atoms with Crippen molar-refractivity contribution in [2.75, 3.05) is 0 Å². The Morgan fingerprint density at radius 3 is 1.83 bits per heavy atom. The van der Waals surface area contributed by atoms with E-state index in [9.17, 15) is 0 Å². The summed E-state index contributed by atoms with van der Waals surface area (Å²) >= 11 is -2.52. The Labute approximate surface area is 53.1 Å². The third kappa shape index (κ3) is 8.84. The lowest BCUT2D eigenvalue weighted by atomic mass is 15.0. The highest BCUT2D eigenvalue weighted by Gasteiger charge is 1.78. The summed E-state index contributed by atoms with van der Waals surface area (Å²) in [5.74, 6) is 0. The normalized spacial score (nSPS) is 12.3. The van der Waals surface area contributed by atoms with Crippen LogP contribution >= 0.6 is 0 Å². The van der Waals surface area contributed by atoms with Gasteiger partial charge in [0, 0.05) is 0 Å². The first kappa shape index (κ1) is 9.93. The van der Waals surface area contributed by atoms with Crippen LogP contribution in [0.4, 0.5) is 0 Å². The number of hydrogen-bond donors (Lipinski definition) is 2. The number of hydrogen-bond acceptors (Lipinski definition) is 3. The summed E-state index contributed by atoms with van der Waals surface area (Å²) in [6.07, 6.45) is 0. The Hall–Kier alpha value is 0.796. The molecule has 36 valence electrons. The van der Waals surface area contributed by atoms with Crippen LogP contribution in [-0.4, -0.2) is 37.1 Å². The fourth-order valence-corrected chi connectivity index (χ4v) is 0. The molecular formula is H4MgO4S. The van der Waals surface area contributed by atoms with Gasteiger partial charge >= 0.3 is 34.4 Å². The maximum Gasteiger partial charge on any atom is 0.330 e. The second kappa shape index (κ2) is 5.80. The fourth-order valence-electron chi connectivity index (χ4n) is 0. The summed E-state index contributed by atoms with van der Waals surface area (Å²) in [4.78, 5) is 0. The van der Waals surface area contributed by atoms with E-state index >= 15 is 0 Å². The van der Waals surface area contributed by atoms with Gasteiger partial charge < -0.3 is 0 Å². The first-order valence-electron chi connectivity index (χ1n) is 0.698. The van der Waals surface area contributed by atoms with Gasteiger partial charge in [-0.15, -0.1) is 4.33 Å².